The number of nitrogens with zero attached hydrogens (tertiary/aromatic N) is 4. The first-order chi connectivity index (χ1) is 12.9. The molecule has 3 heterocycles. The molecule has 27 heavy (non-hydrogen) atoms. The van der Waals surface area contributed by atoms with Gasteiger partial charge in [0.15, 0.2) is 5.76 Å². The number of hydrogen-bond donors (Lipinski definition) is 0. The summed E-state index contributed by atoms with van der Waals surface area (Å²) in [5.41, 5.74) is 2.39. The van der Waals surface area contributed by atoms with E-state index in [1.807, 2.05) is 32.0 Å². The lowest BCUT2D eigenvalue weighted by Gasteiger charge is -2.33. The van der Waals surface area contributed by atoms with Crippen LogP contribution in [0.1, 0.15) is 17.0 Å². The molecule has 0 spiro atoms. The minimum absolute atomic E-state index is 0.277. The van der Waals surface area contributed by atoms with Crippen LogP contribution in [0.4, 0.5) is 0 Å². The van der Waals surface area contributed by atoms with Crippen molar-refractivity contribution in [2.75, 3.05) is 26.2 Å². The standard InChI is InChI=1S/C19H22N4O3S/c1-14-10-16-4-3-5-18(19(16)20-12-14)27(24,25)23-8-6-22(7-9-23)13-17-11-15(2)21-26-17/h3-5,10-12H,6-9,13H2,1-2H3. The van der Waals surface area contributed by atoms with Gasteiger partial charge in [0.05, 0.1) is 17.8 Å². The molecule has 1 aliphatic rings. The Bertz CT molecular complexity index is 1070. The van der Waals surface area contributed by atoms with Gasteiger partial charge in [0.25, 0.3) is 0 Å². The highest BCUT2D eigenvalue weighted by Crippen LogP contribution is 2.25. The van der Waals surface area contributed by atoms with Crippen molar-refractivity contribution >= 4 is 20.9 Å². The van der Waals surface area contributed by atoms with Gasteiger partial charge in [-0.25, -0.2) is 8.42 Å². The maximum Gasteiger partial charge on any atom is 0.245 e. The fraction of sp³-hybridized carbons (Fsp3) is 0.368. The number of rotatable bonds is 4. The summed E-state index contributed by atoms with van der Waals surface area (Å²) < 4.78 is 33.2. The fourth-order valence-electron chi connectivity index (χ4n) is 3.43. The van der Waals surface area contributed by atoms with Gasteiger partial charge in [-0.3, -0.25) is 9.88 Å². The van der Waals surface area contributed by atoms with E-state index < -0.39 is 10.0 Å². The molecule has 0 aliphatic carbocycles. The summed E-state index contributed by atoms with van der Waals surface area (Å²) in [6.07, 6.45) is 1.71. The Hall–Kier alpha value is -2.29. The van der Waals surface area contributed by atoms with Crippen LogP contribution in [0.2, 0.25) is 0 Å². The molecule has 0 N–H and O–H groups in total. The summed E-state index contributed by atoms with van der Waals surface area (Å²) in [4.78, 5) is 6.83. The van der Waals surface area contributed by atoms with E-state index in [1.165, 1.54) is 0 Å². The monoisotopic (exact) mass is 386 g/mol. The number of benzene rings is 1. The number of pyridine rings is 1. The van der Waals surface area contributed by atoms with Crippen molar-refractivity contribution in [3.05, 3.63) is 53.5 Å². The van der Waals surface area contributed by atoms with Crippen molar-refractivity contribution in [2.45, 2.75) is 25.3 Å². The SMILES string of the molecule is Cc1cnc2c(S(=O)(=O)N3CCN(Cc4cc(C)no4)CC3)cccc2c1. The molecule has 0 amide bonds. The molecular weight excluding hydrogens is 364 g/mol. The summed E-state index contributed by atoms with van der Waals surface area (Å²) in [6, 6.07) is 9.18. The molecule has 8 heteroatoms. The zero-order chi connectivity index (χ0) is 19.0. The number of hydrogen-bond acceptors (Lipinski definition) is 6. The van der Waals surface area contributed by atoms with Crippen LogP contribution in [0.3, 0.4) is 0 Å². The van der Waals surface area contributed by atoms with Crippen molar-refractivity contribution in [2.24, 2.45) is 0 Å². The first-order valence-corrected chi connectivity index (χ1v) is 10.4. The molecule has 3 aromatic rings. The van der Waals surface area contributed by atoms with Crippen LogP contribution in [-0.4, -0.2) is 53.9 Å². The van der Waals surface area contributed by atoms with E-state index in [2.05, 4.69) is 15.0 Å². The summed E-state index contributed by atoms with van der Waals surface area (Å²) in [6.45, 7) is 6.66. The van der Waals surface area contributed by atoms with Gasteiger partial charge >= 0.3 is 0 Å². The Labute approximate surface area is 158 Å². The van der Waals surface area contributed by atoms with Crippen LogP contribution in [0.15, 0.2) is 45.9 Å². The molecule has 0 radical (unpaired) electrons. The van der Waals surface area contributed by atoms with E-state index in [1.54, 1.807) is 22.6 Å². The molecule has 7 nitrogen and oxygen atoms in total. The Morgan fingerprint density at radius 1 is 1.11 bits per heavy atom. The lowest BCUT2D eigenvalue weighted by atomic mass is 10.2. The predicted molar refractivity (Wildman–Crippen MR) is 102 cm³/mol. The number of sulfonamides is 1. The van der Waals surface area contributed by atoms with E-state index >= 15 is 0 Å². The topological polar surface area (TPSA) is 79.5 Å². The average Bonchev–Trinajstić information content (AvgIpc) is 3.06. The lowest BCUT2D eigenvalue weighted by Crippen LogP contribution is -2.48. The van der Waals surface area contributed by atoms with Crippen LogP contribution < -0.4 is 0 Å². The highest BCUT2D eigenvalue weighted by atomic mass is 32.2. The van der Waals surface area contributed by atoms with Gasteiger partial charge in [0.2, 0.25) is 10.0 Å². The number of aryl methyl sites for hydroxylation is 2. The van der Waals surface area contributed by atoms with Gasteiger partial charge in [-0.1, -0.05) is 17.3 Å². The quantitative estimate of drug-likeness (QED) is 0.685. The number of para-hydroxylation sites is 1. The van der Waals surface area contributed by atoms with Crippen LogP contribution in [-0.2, 0) is 16.6 Å². The second-order valence-electron chi connectivity index (χ2n) is 6.96. The van der Waals surface area contributed by atoms with Crippen LogP contribution in [0.5, 0.6) is 0 Å². The maximum atomic E-state index is 13.2. The van der Waals surface area contributed by atoms with Crippen molar-refractivity contribution in [3.8, 4) is 0 Å². The van der Waals surface area contributed by atoms with E-state index in [9.17, 15) is 8.42 Å². The molecule has 2 aromatic heterocycles. The third kappa shape index (κ3) is 3.60. The smallest absolute Gasteiger partial charge is 0.245 e. The van der Waals surface area contributed by atoms with Gasteiger partial charge < -0.3 is 4.52 Å². The highest BCUT2D eigenvalue weighted by molar-refractivity contribution is 7.89. The van der Waals surface area contributed by atoms with Gasteiger partial charge in [0.1, 0.15) is 4.90 Å². The molecule has 1 saturated heterocycles. The Morgan fingerprint density at radius 3 is 2.59 bits per heavy atom. The summed E-state index contributed by atoms with van der Waals surface area (Å²) in [5.74, 6) is 0.803. The first-order valence-electron chi connectivity index (χ1n) is 8.93. The van der Waals surface area contributed by atoms with E-state index in [-0.39, 0.29) is 4.90 Å². The molecule has 0 atom stereocenters. The molecule has 142 valence electrons. The normalized spacial score (nSPS) is 16.8. The summed E-state index contributed by atoms with van der Waals surface area (Å²) in [7, 11) is -3.59. The van der Waals surface area contributed by atoms with Crippen molar-refractivity contribution in [1.82, 2.24) is 19.3 Å². The van der Waals surface area contributed by atoms with Crippen molar-refractivity contribution < 1.29 is 12.9 Å². The first kappa shape index (κ1) is 18.1. The largest absolute Gasteiger partial charge is 0.360 e. The summed E-state index contributed by atoms with van der Waals surface area (Å²) in [5, 5.41) is 4.74. The molecular formula is C19H22N4O3S. The van der Waals surface area contributed by atoms with Crippen molar-refractivity contribution in [3.63, 3.8) is 0 Å². The van der Waals surface area contributed by atoms with Crippen molar-refractivity contribution in [1.29, 1.82) is 0 Å². The lowest BCUT2D eigenvalue weighted by molar-refractivity contribution is 0.166. The third-order valence-corrected chi connectivity index (χ3v) is 6.75. The molecule has 1 aliphatic heterocycles. The van der Waals surface area contributed by atoms with Gasteiger partial charge in [-0.15, -0.1) is 0 Å². The second-order valence-corrected chi connectivity index (χ2v) is 8.86. The molecule has 4 rings (SSSR count). The van der Waals surface area contributed by atoms with Crippen LogP contribution in [0, 0.1) is 13.8 Å². The highest BCUT2D eigenvalue weighted by Gasteiger charge is 2.30. The van der Waals surface area contributed by atoms with Gasteiger partial charge in [-0.05, 0) is 31.5 Å². The number of aromatic nitrogens is 2. The molecule has 1 aromatic carbocycles. The number of piperazine rings is 1. The van der Waals surface area contributed by atoms with E-state index in [0.717, 1.165) is 22.4 Å². The van der Waals surface area contributed by atoms with Gasteiger partial charge in [0, 0.05) is 43.8 Å². The Kier molecular flexibility index (Phi) is 4.71. The Morgan fingerprint density at radius 2 is 1.89 bits per heavy atom. The van der Waals surface area contributed by atoms with E-state index in [0.29, 0.717) is 38.2 Å². The number of fused-ring (bicyclic) bond motifs is 1. The van der Waals surface area contributed by atoms with Crippen LogP contribution >= 0.6 is 0 Å². The molecule has 0 saturated carbocycles. The Balaban J connectivity index is 1.52. The molecule has 0 unspecified atom stereocenters. The minimum atomic E-state index is -3.59. The predicted octanol–water partition coefficient (Wildman–Crippen LogP) is 2.35. The molecule has 0 bridgehead atoms. The second kappa shape index (κ2) is 7.03. The van der Waals surface area contributed by atoms with Crippen LogP contribution in [0.25, 0.3) is 10.9 Å². The zero-order valence-corrected chi connectivity index (χ0v) is 16.2. The fourth-order valence-corrected chi connectivity index (χ4v) is 5.02. The average molecular weight is 386 g/mol. The zero-order valence-electron chi connectivity index (χ0n) is 15.4. The maximum absolute atomic E-state index is 13.2. The van der Waals surface area contributed by atoms with E-state index in [4.69, 9.17) is 4.52 Å². The molecule has 1 fully saturated rings. The van der Waals surface area contributed by atoms with Gasteiger partial charge in [-0.2, -0.15) is 4.31 Å². The third-order valence-electron chi connectivity index (χ3n) is 4.82. The summed E-state index contributed by atoms with van der Waals surface area (Å²) >= 11 is 0. The minimum Gasteiger partial charge on any atom is -0.360 e.